The minimum absolute atomic E-state index is 0.670. The number of hydrogen-bond acceptors (Lipinski definition) is 4. The number of fused-ring (bicyclic) bond motifs is 1. The Morgan fingerprint density at radius 3 is 2.43 bits per heavy atom. The van der Waals surface area contributed by atoms with Crippen molar-refractivity contribution in [2.24, 2.45) is 0 Å². The van der Waals surface area contributed by atoms with E-state index in [1.807, 2.05) is 31.2 Å². The molecule has 0 saturated carbocycles. The molecule has 0 radical (unpaired) electrons. The maximum Gasteiger partial charge on any atom is 0.244 e. The Hall–Kier alpha value is -1.11. The van der Waals surface area contributed by atoms with Crippen molar-refractivity contribution in [2.45, 2.75) is 24.5 Å². The summed E-state index contributed by atoms with van der Waals surface area (Å²) in [5.41, 5.74) is 1.77. The molecule has 0 aromatic heterocycles. The monoisotopic (exact) mass is 337 g/mol. The van der Waals surface area contributed by atoms with Gasteiger partial charge in [-0.15, -0.1) is 0 Å². The summed E-state index contributed by atoms with van der Waals surface area (Å²) in [6.07, 6.45) is 1.57. The lowest BCUT2D eigenvalue weighted by molar-refractivity contribution is 0.151. The smallest absolute Gasteiger partial charge is 0.244 e. The van der Waals surface area contributed by atoms with Gasteiger partial charge in [-0.2, -0.15) is 0 Å². The van der Waals surface area contributed by atoms with E-state index < -0.39 is 14.8 Å². The highest BCUT2D eigenvalue weighted by molar-refractivity contribution is 7.94. The SMILES string of the molecule is CN1CCN(CCCC2(C)c3ccccc3N(C)S2(=O)=O)CC1. The van der Waals surface area contributed by atoms with Crippen molar-refractivity contribution in [3.05, 3.63) is 29.8 Å². The summed E-state index contributed by atoms with van der Waals surface area (Å²) in [7, 11) is 0.486. The lowest BCUT2D eigenvalue weighted by atomic mass is 9.93. The van der Waals surface area contributed by atoms with Crippen LogP contribution in [0.1, 0.15) is 25.3 Å². The zero-order valence-electron chi connectivity index (χ0n) is 14.3. The van der Waals surface area contributed by atoms with Crippen LogP contribution in [0.2, 0.25) is 0 Å². The minimum Gasteiger partial charge on any atom is -0.304 e. The van der Waals surface area contributed by atoms with Crippen LogP contribution in [0.15, 0.2) is 24.3 Å². The molecule has 5 nitrogen and oxygen atoms in total. The minimum atomic E-state index is -3.33. The van der Waals surface area contributed by atoms with Gasteiger partial charge in [0.05, 0.1) is 5.69 Å². The fraction of sp³-hybridized carbons (Fsp3) is 0.647. The van der Waals surface area contributed by atoms with Gasteiger partial charge in [0, 0.05) is 33.2 Å². The summed E-state index contributed by atoms with van der Waals surface area (Å²) in [5.74, 6) is 0. The van der Waals surface area contributed by atoms with Gasteiger partial charge >= 0.3 is 0 Å². The molecule has 0 bridgehead atoms. The topological polar surface area (TPSA) is 43.9 Å². The normalized spacial score (nSPS) is 28.0. The summed E-state index contributed by atoms with van der Waals surface area (Å²) >= 11 is 0. The van der Waals surface area contributed by atoms with Crippen LogP contribution in [0.25, 0.3) is 0 Å². The Balaban J connectivity index is 1.71. The number of anilines is 1. The van der Waals surface area contributed by atoms with Crippen molar-refractivity contribution in [1.82, 2.24) is 9.80 Å². The second-order valence-corrected chi connectivity index (χ2v) is 9.37. The first kappa shape index (κ1) is 16.7. The molecular weight excluding hydrogens is 310 g/mol. The molecule has 0 spiro atoms. The molecule has 1 saturated heterocycles. The summed E-state index contributed by atoms with van der Waals surface area (Å²) in [5, 5.41) is 0. The Kier molecular flexibility index (Phi) is 4.42. The first-order valence-corrected chi connectivity index (χ1v) is 9.79. The van der Waals surface area contributed by atoms with Crippen LogP contribution in [0, 0.1) is 0 Å². The van der Waals surface area contributed by atoms with Crippen molar-refractivity contribution in [1.29, 1.82) is 0 Å². The molecular formula is C17H27N3O2S. The van der Waals surface area contributed by atoms with E-state index in [1.165, 1.54) is 4.31 Å². The van der Waals surface area contributed by atoms with Gasteiger partial charge in [0.25, 0.3) is 0 Å². The highest BCUT2D eigenvalue weighted by Gasteiger charge is 2.50. The highest BCUT2D eigenvalue weighted by atomic mass is 32.2. The largest absolute Gasteiger partial charge is 0.304 e. The van der Waals surface area contributed by atoms with E-state index in [2.05, 4.69) is 16.8 Å². The van der Waals surface area contributed by atoms with Gasteiger partial charge < -0.3 is 9.80 Å². The Bertz CT molecular complexity index is 668. The zero-order chi connectivity index (χ0) is 16.7. The number of nitrogens with zero attached hydrogens (tertiary/aromatic N) is 3. The number of para-hydroxylation sites is 1. The van der Waals surface area contributed by atoms with Crippen molar-refractivity contribution >= 4 is 15.7 Å². The highest BCUT2D eigenvalue weighted by Crippen LogP contribution is 2.48. The molecule has 1 fully saturated rings. The van der Waals surface area contributed by atoms with Crippen LogP contribution in [-0.4, -0.2) is 65.0 Å². The molecule has 6 heteroatoms. The molecule has 0 amide bonds. The van der Waals surface area contributed by atoms with Gasteiger partial charge in [0.15, 0.2) is 0 Å². The van der Waals surface area contributed by atoms with Crippen LogP contribution in [-0.2, 0) is 14.8 Å². The second-order valence-electron chi connectivity index (χ2n) is 6.97. The van der Waals surface area contributed by atoms with Crippen LogP contribution in [0.3, 0.4) is 0 Å². The van der Waals surface area contributed by atoms with E-state index in [0.29, 0.717) is 6.42 Å². The summed E-state index contributed by atoms with van der Waals surface area (Å²) in [6.45, 7) is 7.22. The first-order valence-electron chi connectivity index (χ1n) is 8.35. The number of sulfonamides is 1. The average molecular weight is 337 g/mol. The van der Waals surface area contributed by atoms with Gasteiger partial charge in [-0.1, -0.05) is 18.2 Å². The average Bonchev–Trinajstić information content (AvgIpc) is 2.69. The molecule has 0 N–H and O–H groups in total. The molecule has 2 aliphatic rings. The molecule has 23 heavy (non-hydrogen) atoms. The maximum absolute atomic E-state index is 12.9. The van der Waals surface area contributed by atoms with Gasteiger partial charge in [-0.25, -0.2) is 8.42 Å². The van der Waals surface area contributed by atoms with E-state index in [0.717, 1.165) is 50.4 Å². The van der Waals surface area contributed by atoms with Crippen LogP contribution in [0.5, 0.6) is 0 Å². The molecule has 0 aliphatic carbocycles. The van der Waals surface area contributed by atoms with Gasteiger partial charge in [-0.3, -0.25) is 4.31 Å². The third kappa shape index (κ3) is 2.77. The Morgan fingerprint density at radius 1 is 1.09 bits per heavy atom. The Labute approximate surface area is 139 Å². The molecule has 1 aromatic rings. The van der Waals surface area contributed by atoms with E-state index in [1.54, 1.807) is 7.05 Å². The molecule has 3 rings (SSSR count). The molecule has 1 unspecified atom stereocenters. The number of likely N-dealkylation sites (N-methyl/N-ethyl adjacent to an activating group) is 1. The summed E-state index contributed by atoms with van der Waals surface area (Å²) in [6, 6.07) is 7.71. The molecule has 128 valence electrons. The fourth-order valence-electron chi connectivity index (χ4n) is 3.74. The standard InChI is InChI=1S/C17H27N3O2S/c1-17(9-6-10-20-13-11-18(2)12-14-20)15-7-4-5-8-16(15)19(3)23(17,21)22/h4-5,7-8H,6,9-14H2,1-3H3. The quantitative estimate of drug-likeness (QED) is 0.839. The molecule has 1 aromatic carbocycles. The second kappa shape index (κ2) is 6.07. The predicted molar refractivity (Wildman–Crippen MR) is 94.3 cm³/mol. The molecule has 2 heterocycles. The third-order valence-electron chi connectivity index (χ3n) is 5.47. The van der Waals surface area contributed by atoms with Crippen molar-refractivity contribution in [3.63, 3.8) is 0 Å². The Morgan fingerprint density at radius 2 is 1.74 bits per heavy atom. The number of piperazine rings is 1. The van der Waals surface area contributed by atoms with Crippen molar-refractivity contribution in [3.8, 4) is 0 Å². The van der Waals surface area contributed by atoms with E-state index >= 15 is 0 Å². The molecule has 1 atom stereocenters. The van der Waals surface area contributed by atoms with Gasteiger partial charge in [0.2, 0.25) is 10.0 Å². The number of hydrogen-bond donors (Lipinski definition) is 0. The number of benzene rings is 1. The summed E-state index contributed by atoms with van der Waals surface area (Å²) in [4.78, 5) is 4.78. The fourth-order valence-corrected chi connectivity index (χ4v) is 5.62. The summed E-state index contributed by atoms with van der Waals surface area (Å²) < 4.78 is 26.5. The molecule has 2 aliphatic heterocycles. The first-order chi connectivity index (χ1) is 10.9. The van der Waals surface area contributed by atoms with Gasteiger partial charge in [0.1, 0.15) is 4.75 Å². The third-order valence-corrected chi connectivity index (χ3v) is 7.95. The van der Waals surface area contributed by atoms with Crippen LogP contribution < -0.4 is 4.31 Å². The zero-order valence-corrected chi connectivity index (χ0v) is 15.1. The van der Waals surface area contributed by atoms with Crippen LogP contribution >= 0.6 is 0 Å². The maximum atomic E-state index is 12.9. The van der Waals surface area contributed by atoms with Crippen molar-refractivity contribution < 1.29 is 8.42 Å². The number of rotatable bonds is 4. The van der Waals surface area contributed by atoms with Gasteiger partial charge in [-0.05, 0) is 45.0 Å². The lowest BCUT2D eigenvalue weighted by Gasteiger charge is -2.33. The van der Waals surface area contributed by atoms with E-state index in [9.17, 15) is 8.42 Å². The van der Waals surface area contributed by atoms with E-state index in [-0.39, 0.29) is 0 Å². The van der Waals surface area contributed by atoms with E-state index in [4.69, 9.17) is 0 Å². The van der Waals surface area contributed by atoms with Crippen molar-refractivity contribution in [2.75, 3.05) is 51.1 Å². The lowest BCUT2D eigenvalue weighted by Crippen LogP contribution is -2.45. The predicted octanol–water partition coefficient (Wildman–Crippen LogP) is 1.71. The van der Waals surface area contributed by atoms with Crippen LogP contribution in [0.4, 0.5) is 5.69 Å².